The maximum absolute atomic E-state index is 13.7. The molecule has 0 unspecified atom stereocenters. The van der Waals surface area contributed by atoms with Gasteiger partial charge in [0.25, 0.3) is 0 Å². The number of halogens is 1. The number of phenolic OH excluding ortho intramolecular Hbond substituents is 1. The topological polar surface area (TPSA) is 107 Å². The lowest BCUT2D eigenvalue weighted by atomic mass is 9.70. The fourth-order valence-electron chi connectivity index (χ4n) is 6.04. The van der Waals surface area contributed by atoms with Crippen LogP contribution in [-0.2, 0) is 14.3 Å². The number of ether oxygens (including phenoxy) is 1. The number of phenols is 1. The number of nitrogens with zero attached hydrogens (tertiary/aromatic N) is 1. The zero-order chi connectivity index (χ0) is 26.4. The van der Waals surface area contributed by atoms with E-state index >= 15 is 0 Å². The molecule has 37 heavy (non-hydrogen) atoms. The summed E-state index contributed by atoms with van der Waals surface area (Å²) in [6.45, 7) is 4.34. The second-order valence-corrected chi connectivity index (χ2v) is 10.2. The summed E-state index contributed by atoms with van der Waals surface area (Å²) in [6.07, 6.45) is 3.62. The maximum atomic E-state index is 13.7. The molecule has 3 N–H and O–H groups in total. The van der Waals surface area contributed by atoms with Crippen molar-refractivity contribution in [2.45, 2.75) is 39.2 Å². The molecule has 2 fully saturated rings. The van der Waals surface area contributed by atoms with E-state index in [1.165, 1.54) is 29.2 Å². The lowest BCUT2D eigenvalue weighted by molar-refractivity contribution is -0.122. The quantitative estimate of drug-likeness (QED) is 0.317. The Labute approximate surface area is 215 Å². The number of hydrogen-bond donors (Lipinski definition) is 3. The van der Waals surface area contributed by atoms with E-state index in [9.17, 15) is 29.1 Å². The van der Waals surface area contributed by atoms with Crippen LogP contribution in [0.4, 0.5) is 10.1 Å². The molecule has 1 aliphatic carbocycles. The first-order chi connectivity index (χ1) is 17.7. The van der Waals surface area contributed by atoms with Crippen molar-refractivity contribution in [1.29, 1.82) is 0 Å². The molecule has 2 heterocycles. The lowest BCUT2D eigenvalue weighted by Crippen LogP contribution is -2.35. The zero-order valence-corrected chi connectivity index (χ0v) is 20.7. The molecule has 9 heteroatoms. The summed E-state index contributed by atoms with van der Waals surface area (Å²) in [4.78, 5) is 28.1. The number of rotatable bonds is 6. The lowest BCUT2D eigenvalue weighted by Gasteiger charge is -2.30. The molecule has 0 saturated carbocycles. The van der Waals surface area contributed by atoms with Crippen molar-refractivity contribution in [3.05, 3.63) is 70.6 Å². The van der Waals surface area contributed by atoms with E-state index in [1.54, 1.807) is 18.2 Å². The monoisotopic (exact) mass is 505 g/mol. The first kappa shape index (κ1) is 25.4. The van der Waals surface area contributed by atoms with Crippen LogP contribution in [0.2, 0.25) is 0 Å². The van der Waals surface area contributed by atoms with Crippen molar-refractivity contribution in [3.8, 4) is 5.75 Å². The molecular weight excluding hydrogens is 476 g/mol. The number of aromatic hydroxyl groups is 1. The number of benzene rings is 2. The van der Waals surface area contributed by atoms with E-state index < -0.39 is 24.8 Å². The highest BCUT2D eigenvalue weighted by molar-refractivity contribution is 6.58. The highest BCUT2D eigenvalue weighted by Crippen LogP contribution is 2.50. The van der Waals surface area contributed by atoms with Gasteiger partial charge in [-0.2, -0.15) is 0 Å². The Bertz CT molecular complexity index is 1320. The second-order valence-electron chi connectivity index (χ2n) is 10.2. The number of carbonyl (C=O) groups is 2. The van der Waals surface area contributed by atoms with Gasteiger partial charge in [-0.15, -0.1) is 0 Å². The largest absolute Gasteiger partial charge is 0.505 e. The number of anilines is 1. The molecule has 2 amide bonds. The molecule has 0 bridgehead atoms. The van der Waals surface area contributed by atoms with Gasteiger partial charge in [-0.05, 0) is 74.0 Å². The van der Waals surface area contributed by atoms with Gasteiger partial charge in [0.05, 0.1) is 30.2 Å². The van der Waals surface area contributed by atoms with Gasteiger partial charge in [0.2, 0.25) is 11.8 Å². The van der Waals surface area contributed by atoms with Crippen LogP contribution in [0, 0.1) is 23.6 Å². The van der Waals surface area contributed by atoms with Crippen LogP contribution in [0.25, 0.3) is 6.08 Å². The van der Waals surface area contributed by atoms with E-state index in [0.717, 1.165) is 16.7 Å². The van der Waals surface area contributed by atoms with Gasteiger partial charge in [0.1, 0.15) is 0 Å². The molecule has 192 valence electrons. The Morgan fingerprint density at radius 3 is 2.68 bits per heavy atom. The van der Waals surface area contributed by atoms with Crippen LogP contribution in [-0.4, -0.2) is 46.8 Å². The summed E-state index contributed by atoms with van der Waals surface area (Å²) in [7, 11) is -1.69. The highest BCUT2D eigenvalue weighted by atomic mass is 19.1. The molecule has 0 spiro atoms. The van der Waals surface area contributed by atoms with Crippen molar-refractivity contribution in [2.24, 2.45) is 17.8 Å². The van der Waals surface area contributed by atoms with E-state index in [1.807, 2.05) is 19.9 Å². The minimum absolute atomic E-state index is 0.157. The van der Waals surface area contributed by atoms with Gasteiger partial charge in [0.15, 0.2) is 11.6 Å². The van der Waals surface area contributed by atoms with E-state index in [4.69, 9.17) is 4.74 Å². The summed E-state index contributed by atoms with van der Waals surface area (Å²) < 4.78 is 19.8. The second kappa shape index (κ2) is 9.89. The predicted octanol–water partition coefficient (Wildman–Crippen LogP) is 2.94. The number of amides is 2. The highest BCUT2D eigenvalue weighted by Gasteiger charge is 2.56. The SMILES string of the molecule is CC1=C2[C@@H](CC/C(C)=C/c3ccc(O)c(F)c3)OC[C@@H]2[C@@H]2C(=O)N(c3cccc(B(O)O)c3)C(=O)[C@@H]2C1. The standard InChI is InChI=1S/C28H29BFNO6/c1-15(10-17-7-8-23(32)22(30)12-17)6-9-24-25-16(2)11-20-26(21(25)14-37-24)28(34)31(27(20)33)19-5-3-4-18(13-19)29(35)36/h3-5,7-8,10,12-13,20-21,24,26,32,35-36H,6,9,11,14H2,1-2H3/b15-10+/t20-,21+,24-,26-/m1/s1. The normalized spacial score (nSPS) is 25.5. The van der Waals surface area contributed by atoms with Gasteiger partial charge in [-0.1, -0.05) is 35.4 Å². The third-order valence-electron chi connectivity index (χ3n) is 7.76. The third-order valence-corrected chi connectivity index (χ3v) is 7.76. The van der Waals surface area contributed by atoms with Crippen molar-refractivity contribution in [1.82, 2.24) is 0 Å². The van der Waals surface area contributed by atoms with Crippen LogP contribution in [0.1, 0.15) is 38.7 Å². The minimum Gasteiger partial charge on any atom is -0.505 e. The van der Waals surface area contributed by atoms with Crippen LogP contribution in [0.15, 0.2) is 59.2 Å². The zero-order valence-electron chi connectivity index (χ0n) is 20.7. The number of imide groups is 1. The van der Waals surface area contributed by atoms with E-state index in [-0.39, 0.29) is 35.0 Å². The number of fused-ring (bicyclic) bond motifs is 3. The summed E-state index contributed by atoms with van der Waals surface area (Å²) >= 11 is 0. The Hall–Kier alpha value is -3.27. The molecule has 0 aromatic heterocycles. The van der Waals surface area contributed by atoms with Gasteiger partial charge in [-0.25, -0.2) is 4.39 Å². The van der Waals surface area contributed by atoms with Gasteiger partial charge in [-0.3, -0.25) is 14.5 Å². The summed E-state index contributed by atoms with van der Waals surface area (Å²) in [6, 6.07) is 10.5. The molecular formula is C28H29BFNO6. The summed E-state index contributed by atoms with van der Waals surface area (Å²) in [5.74, 6) is -2.72. The Morgan fingerprint density at radius 1 is 1.16 bits per heavy atom. The van der Waals surface area contributed by atoms with E-state index in [0.29, 0.717) is 37.1 Å². The minimum atomic E-state index is -1.69. The molecule has 5 rings (SSSR count). The number of hydrogen-bond acceptors (Lipinski definition) is 6. The molecule has 2 saturated heterocycles. The van der Waals surface area contributed by atoms with Crippen LogP contribution in [0.3, 0.4) is 0 Å². The molecule has 4 atom stereocenters. The smallest absolute Gasteiger partial charge is 0.488 e. The van der Waals surface area contributed by atoms with Crippen molar-refractivity contribution < 1.29 is 33.9 Å². The molecule has 3 aliphatic rings. The van der Waals surface area contributed by atoms with Crippen molar-refractivity contribution in [2.75, 3.05) is 11.5 Å². The predicted molar refractivity (Wildman–Crippen MR) is 137 cm³/mol. The van der Waals surface area contributed by atoms with Crippen molar-refractivity contribution in [3.63, 3.8) is 0 Å². The third kappa shape index (κ3) is 4.63. The van der Waals surface area contributed by atoms with Crippen molar-refractivity contribution >= 4 is 36.2 Å². The number of carbonyl (C=O) groups excluding carboxylic acids is 2. The molecule has 2 aliphatic heterocycles. The molecule has 2 aromatic carbocycles. The van der Waals surface area contributed by atoms with Crippen LogP contribution in [0.5, 0.6) is 5.75 Å². The average molecular weight is 505 g/mol. The van der Waals surface area contributed by atoms with Gasteiger partial charge < -0.3 is 19.9 Å². The summed E-state index contributed by atoms with van der Waals surface area (Å²) in [5.41, 5.74) is 4.45. The summed E-state index contributed by atoms with van der Waals surface area (Å²) in [5, 5.41) is 28.4. The Balaban J connectivity index is 1.32. The number of allylic oxidation sites excluding steroid dienone is 2. The Morgan fingerprint density at radius 2 is 1.95 bits per heavy atom. The van der Waals surface area contributed by atoms with Gasteiger partial charge >= 0.3 is 7.12 Å². The van der Waals surface area contributed by atoms with Crippen LogP contribution >= 0.6 is 0 Å². The van der Waals surface area contributed by atoms with E-state index in [2.05, 4.69) is 0 Å². The van der Waals surface area contributed by atoms with Gasteiger partial charge in [0, 0.05) is 5.92 Å². The molecule has 7 nitrogen and oxygen atoms in total. The fraction of sp³-hybridized carbons (Fsp3) is 0.357. The Kier molecular flexibility index (Phi) is 6.79. The average Bonchev–Trinajstić information content (AvgIpc) is 3.39. The first-order valence-electron chi connectivity index (χ1n) is 12.5. The molecule has 0 radical (unpaired) electrons. The fourth-order valence-corrected chi connectivity index (χ4v) is 6.04. The maximum Gasteiger partial charge on any atom is 0.488 e. The molecule has 2 aromatic rings. The van der Waals surface area contributed by atoms with Crippen LogP contribution < -0.4 is 10.4 Å². The first-order valence-corrected chi connectivity index (χ1v) is 12.5.